The Hall–Kier alpha value is -2.70. The minimum Gasteiger partial charge on any atom is -0.496 e. The van der Waals surface area contributed by atoms with Gasteiger partial charge in [0.2, 0.25) is 0 Å². The minimum atomic E-state index is -4.41. The van der Waals surface area contributed by atoms with Crippen LogP contribution >= 0.6 is 0 Å². The molecule has 0 heterocycles. The van der Waals surface area contributed by atoms with E-state index in [0.717, 1.165) is 17.7 Å². The molecule has 0 fully saturated rings. The van der Waals surface area contributed by atoms with Crippen molar-refractivity contribution in [2.45, 2.75) is 19.1 Å². The summed E-state index contributed by atoms with van der Waals surface area (Å²) in [5.74, 6) is 0.657. The molecule has 1 unspecified atom stereocenters. The molecule has 0 spiro atoms. The van der Waals surface area contributed by atoms with Gasteiger partial charge < -0.3 is 15.0 Å². The van der Waals surface area contributed by atoms with Gasteiger partial charge in [-0.3, -0.25) is 0 Å². The second-order valence-electron chi connectivity index (χ2n) is 5.53. The van der Waals surface area contributed by atoms with Gasteiger partial charge in [-0.05, 0) is 37.3 Å². The molecule has 0 saturated carbocycles. The molecular formula is C18H19F3N2O2. The minimum absolute atomic E-state index is 0.286. The zero-order valence-electron chi connectivity index (χ0n) is 14.1. The molecule has 2 aromatic rings. The number of nitrogens with zero attached hydrogens (tertiary/aromatic N) is 1. The van der Waals surface area contributed by atoms with E-state index in [9.17, 15) is 18.0 Å². The fourth-order valence-electron chi connectivity index (χ4n) is 2.35. The van der Waals surface area contributed by atoms with Crippen LogP contribution in [-0.4, -0.2) is 25.1 Å². The van der Waals surface area contributed by atoms with Crippen LogP contribution in [0.15, 0.2) is 48.5 Å². The van der Waals surface area contributed by atoms with E-state index in [2.05, 4.69) is 5.32 Å². The van der Waals surface area contributed by atoms with Crippen molar-refractivity contribution in [3.8, 4) is 5.75 Å². The van der Waals surface area contributed by atoms with Crippen molar-refractivity contribution in [1.29, 1.82) is 0 Å². The van der Waals surface area contributed by atoms with Crippen molar-refractivity contribution in [2.75, 3.05) is 19.5 Å². The van der Waals surface area contributed by atoms with Gasteiger partial charge in [-0.2, -0.15) is 13.2 Å². The van der Waals surface area contributed by atoms with Gasteiger partial charge >= 0.3 is 12.2 Å². The molecule has 1 N–H and O–H groups in total. The van der Waals surface area contributed by atoms with E-state index in [0.29, 0.717) is 5.75 Å². The largest absolute Gasteiger partial charge is 0.496 e. The molecule has 0 aliphatic heterocycles. The topological polar surface area (TPSA) is 41.6 Å². The van der Waals surface area contributed by atoms with E-state index < -0.39 is 17.8 Å². The van der Waals surface area contributed by atoms with Crippen LogP contribution in [0.2, 0.25) is 0 Å². The number of anilines is 1. The number of rotatable bonds is 4. The van der Waals surface area contributed by atoms with Gasteiger partial charge in [0.1, 0.15) is 5.75 Å². The number of amides is 2. The molecule has 0 aromatic heterocycles. The second kappa shape index (κ2) is 7.46. The summed E-state index contributed by atoms with van der Waals surface area (Å²) in [6.45, 7) is 1.84. The predicted molar refractivity (Wildman–Crippen MR) is 89.6 cm³/mol. The number of para-hydroxylation sites is 1. The highest BCUT2D eigenvalue weighted by molar-refractivity contribution is 5.89. The number of hydrogen-bond donors (Lipinski definition) is 1. The summed E-state index contributed by atoms with van der Waals surface area (Å²) in [4.78, 5) is 13.8. The highest BCUT2D eigenvalue weighted by atomic mass is 19.4. The number of methoxy groups -OCH3 is 1. The predicted octanol–water partition coefficient (Wildman–Crippen LogP) is 4.94. The zero-order valence-corrected chi connectivity index (χ0v) is 14.1. The van der Waals surface area contributed by atoms with E-state index in [1.807, 2.05) is 25.1 Å². The molecule has 4 nitrogen and oxygen atoms in total. The third-order valence-electron chi connectivity index (χ3n) is 3.95. The van der Waals surface area contributed by atoms with Gasteiger partial charge in [-0.1, -0.05) is 18.2 Å². The van der Waals surface area contributed by atoms with Crippen molar-refractivity contribution in [2.24, 2.45) is 0 Å². The smallest absolute Gasteiger partial charge is 0.416 e. The summed E-state index contributed by atoms with van der Waals surface area (Å²) in [6, 6.07) is 10.9. The highest BCUT2D eigenvalue weighted by Gasteiger charge is 2.30. The van der Waals surface area contributed by atoms with Gasteiger partial charge in [0.25, 0.3) is 0 Å². The molecule has 2 aromatic carbocycles. The Morgan fingerprint density at radius 2 is 1.72 bits per heavy atom. The van der Waals surface area contributed by atoms with Crippen molar-refractivity contribution < 1.29 is 22.7 Å². The number of carbonyl (C=O) groups excluding carboxylic acids is 1. The monoisotopic (exact) mass is 352 g/mol. The Morgan fingerprint density at radius 3 is 2.28 bits per heavy atom. The van der Waals surface area contributed by atoms with Gasteiger partial charge in [0.05, 0.1) is 18.7 Å². The third kappa shape index (κ3) is 4.43. The first-order chi connectivity index (χ1) is 11.7. The molecule has 2 amide bonds. The Balaban J connectivity index is 2.09. The number of nitrogens with one attached hydrogen (secondary N) is 1. The second-order valence-corrected chi connectivity index (χ2v) is 5.53. The Kier molecular flexibility index (Phi) is 5.56. The molecule has 7 heteroatoms. The van der Waals surface area contributed by atoms with E-state index in [1.165, 1.54) is 17.0 Å². The molecule has 134 valence electrons. The summed E-state index contributed by atoms with van der Waals surface area (Å²) in [5, 5.41) is 2.59. The first kappa shape index (κ1) is 18.6. The fraction of sp³-hybridized carbons (Fsp3) is 0.278. The van der Waals surface area contributed by atoms with E-state index in [4.69, 9.17) is 4.74 Å². The molecule has 0 aliphatic rings. The molecule has 1 atom stereocenters. The van der Waals surface area contributed by atoms with Crippen LogP contribution < -0.4 is 10.1 Å². The Labute approximate surface area is 144 Å². The van der Waals surface area contributed by atoms with Gasteiger partial charge in [-0.25, -0.2) is 4.79 Å². The van der Waals surface area contributed by atoms with Crippen LogP contribution in [0.25, 0.3) is 0 Å². The number of benzene rings is 2. The van der Waals surface area contributed by atoms with Gasteiger partial charge in [-0.15, -0.1) is 0 Å². The lowest BCUT2D eigenvalue weighted by molar-refractivity contribution is -0.137. The Bertz CT molecular complexity index is 730. The van der Waals surface area contributed by atoms with E-state index in [-0.39, 0.29) is 11.7 Å². The van der Waals surface area contributed by atoms with E-state index in [1.54, 1.807) is 20.2 Å². The normalized spacial score (nSPS) is 12.4. The number of carbonyl (C=O) groups is 1. The molecule has 0 aliphatic carbocycles. The average molecular weight is 352 g/mol. The molecule has 0 bridgehead atoms. The molecule has 0 radical (unpaired) electrons. The van der Waals surface area contributed by atoms with Crippen LogP contribution in [-0.2, 0) is 6.18 Å². The molecular weight excluding hydrogens is 333 g/mol. The quantitative estimate of drug-likeness (QED) is 0.847. The van der Waals surface area contributed by atoms with Crippen LogP contribution in [0.3, 0.4) is 0 Å². The van der Waals surface area contributed by atoms with Crippen molar-refractivity contribution >= 4 is 11.7 Å². The first-order valence-electron chi connectivity index (χ1n) is 7.58. The maximum Gasteiger partial charge on any atom is 0.416 e. The first-order valence-corrected chi connectivity index (χ1v) is 7.58. The number of ether oxygens (including phenoxy) is 1. The third-order valence-corrected chi connectivity index (χ3v) is 3.95. The van der Waals surface area contributed by atoms with Crippen LogP contribution in [0.4, 0.5) is 23.7 Å². The van der Waals surface area contributed by atoms with Crippen molar-refractivity contribution in [1.82, 2.24) is 4.90 Å². The molecule has 25 heavy (non-hydrogen) atoms. The van der Waals surface area contributed by atoms with E-state index >= 15 is 0 Å². The number of halogens is 3. The van der Waals surface area contributed by atoms with Crippen molar-refractivity contribution in [3.05, 3.63) is 59.7 Å². The summed E-state index contributed by atoms with van der Waals surface area (Å²) < 4.78 is 43.0. The number of alkyl halides is 3. The summed E-state index contributed by atoms with van der Waals surface area (Å²) in [6.07, 6.45) is -4.41. The maximum absolute atomic E-state index is 12.6. The SMILES string of the molecule is COc1ccccc1C(C)N(C)C(=O)Nc1ccc(C(F)(F)F)cc1. The van der Waals surface area contributed by atoms with Crippen LogP contribution in [0.1, 0.15) is 24.1 Å². The highest BCUT2D eigenvalue weighted by Crippen LogP contribution is 2.31. The average Bonchev–Trinajstić information content (AvgIpc) is 2.60. The lowest BCUT2D eigenvalue weighted by atomic mass is 10.1. The van der Waals surface area contributed by atoms with Crippen LogP contribution in [0.5, 0.6) is 5.75 Å². The number of hydrogen-bond acceptors (Lipinski definition) is 2. The van der Waals surface area contributed by atoms with Gasteiger partial charge in [0.15, 0.2) is 0 Å². The summed E-state index contributed by atoms with van der Waals surface area (Å²) >= 11 is 0. The fourth-order valence-corrected chi connectivity index (χ4v) is 2.35. The van der Waals surface area contributed by atoms with Crippen LogP contribution in [0, 0.1) is 0 Å². The maximum atomic E-state index is 12.6. The van der Waals surface area contributed by atoms with Gasteiger partial charge in [0, 0.05) is 18.3 Å². The molecule has 2 rings (SSSR count). The zero-order chi connectivity index (χ0) is 18.6. The summed E-state index contributed by atoms with van der Waals surface area (Å²) in [7, 11) is 3.16. The summed E-state index contributed by atoms with van der Waals surface area (Å²) in [5.41, 5.74) is 0.355. The lowest BCUT2D eigenvalue weighted by Gasteiger charge is -2.26. The Morgan fingerprint density at radius 1 is 1.12 bits per heavy atom. The standard InChI is InChI=1S/C18H19F3N2O2/c1-12(15-6-4-5-7-16(15)25-3)23(2)17(24)22-14-10-8-13(9-11-14)18(19,20)21/h4-12H,1-3H3,(H,22,24). The number of urea groups is 1. The van der Waals surface area contributed by atoms with Crippen molar-refractivity contribution in [3.63, 3.8) is 0 Å². The molecule has 0 saturated heterocycles. The lowest BCUT2D eigenvalue weighted by Crippen LogP contribution is -2.33.